The minimum atomic E-state index is -0.944. The number of carbonyl (C=O) groups excluding carboxylic acids is 2. The fourth-order valence-corrected chi connectivity index (χ4v) is 9.75. The fourth-order valence-electron chi connectivity index (χ4n) is 9.75. The zero-order valence-electron chi connectivity index (χ0n) is 29.9. The van der Waals surface area contributed by atoms with Gasteiger partial charge in [0.15, 0.2) is 0 Å². The minimum Gasteiger partial charge on any atom is -0.458 e. The molecule has 1 saturated heterocycles. The Balaban J connectivity index is 0.984. The quantitative estimate of drug-likeness (QED) is 0.249. The number of rotatable bonds is 10. The summed E-state index contributed by atoms with van der Waals surface area (Å²) in [4.78, 5) is 43.2. The van der Waals surface area contributed by atoms with Gasteiger partial charge in [0, 0.05) is 48.8 Å². The van der Waals surface area contributed by atoms with E-state index in [9.17, 15) is 9.59 Å². The fraction of sp³-hybridized carbons (Fsp3) is 0.711. The largest absolute Gasteiger partial charge is 0.458 e. The Labute approximate surface area is 291 Å². The standard InChI is InChI=1S/C38H55N7O4/c1-5-29-33(41-23-42-34(29)45-13-10-27(11-14-45)30-9-8-28-7-6-12-39-32(28)43-30)40-21-31(35(46)49-37(2,3)4)44-36(47)48-22-38-18-24-15-25(19-38)17-26(16-24)20-38/h8-9,23-27,31H,5-7,10-22H2,1-4H3,(H,39,43)(H,44,47)(H,40,41,42). The number of pyridine rings is 1. The number of nitrogens with zero attached hydrogens (tertiary/aromatic N) is 4. The van der Waals surface area contributed by atoms with Crippen LogP contribution in [0.2, 0.25) is 0 Å². The van der Waals surface area contributed by atoms with Gasteiger partial charge in [-0.2, -0.15) is 0 Å². The topological polar surface area (TPSA) is 131 Å². The highest BCUT2D eigenvalue weighted by Gasteiger charge is 2.51. The molecule has 0 spiro atoms. The van der Waals surface area contributed by atoms with Crippen LogP contribution in [0.3, 0.4) is 0 Å². The highest BCUT2D eigenvalue weighted by molar-refractivity contribution is 5.82. The number of nitrogens with one attached hydrogen (secondary N) is 3. The third-order valence-electron chi connectivity index (χ3n) is 11.5. The predicted octanol–water partition coefficient (Wildman–Crippen LogP) is 6.24. The molecule has 1 unspecified atom stereocenters. The first-order valence-corrected chi connectivity index (χ1v) is 18.8. The van der Waals surface area contributed by atoms with E-state index >= 15 is 0 Å². The van der Waals surface area contributed by atoms with Gasteiger partial charge in [0.25, 0.3) is 0 Å². The van der Waals surface area contributed by atoms with Crippen LogP contribution in [0.4, 0.5) is 22.2 Å². The van der Waals surface area contributed by atoms with Crippen molar-refractivity contribution >= 4 is 29.5 Å². The Morgan fingerprint density at radius 2 is 1.78 bits per heavy atom. The Bertz CT molecular complexity index is 1480. The summed E-state index contributed by atoms with van der Waals surface area (Å²) >= 11 is 0. The molecule has 8 rings (SSSR count). The first-order valence-electron chi connectivity index (χ1n) is 18.8. The third-order valence-corrected chi connectivity index (χ3v) is 11.5. The van der Waals surface area contributed by atoms with Crippen molar-refractivity contribution in [2.75, 3.05) is 48.3 Å². The maximum Gasteiger partial charge on any atom is 0.407 e. The molecule has 3 N–H and O–H groups in total. The summed E-state index contributed by atoms with van der Waals surface area (Å²) in [5, 5.41) is 9.67. The van der Waals surface area contributed by atoms with Crippen LogP contribution < -0.4 is 20.9 Å². The van der Waals surface area contributed by atoms with Crippen LogP contribution in [0.1, 0.15) is 108 Å². The highest BCUT2D eigenvalue weighted by atomic mass is 16.6. The number of anilines is 3. The van der Waals surface area contributed by atoms with Crippen molar-refractivity contribution in [2.45, 2.75) is 116 Å². The summed E-state index contributed by atoms with van der Waals surface area (Å²) in [5.41, 5.74) is 2.88. The van der Waals surface area contributed by atoms with Gasteiger partial charge in [-0.3, -0.25) is 0 Å². The van der Waals surface area contributed by atoms with Gasteiger partial charge in [0.1, 0.15) is 35.4 Å². The molecule has 6 aliphatic rings. The molecule has 4 heterocycles. The van der Waals surface area contributed by atoms with E-state index in [2.05, 4.69) is 44.9 Å². The second kappa shape index (κ2) is 13.9. The van der Waals surface area contributed by atoms with Gasteiger partial charge in [-0.1, -0.05) is 13.0 Å². The molecule has 2 aliphatic heterocycles. The molecule has 1 atom stereocenters. The van der Waals surface area contributed by atoms with Gasteiger partial charge in [-0.15, -0.1) is 0 Å². The number of aryl methyl sites for hydroxylation is 1. The number of alkyl carbamates (subject to hydrolysis) is 1. The smallest absolute Gasteiger partial charge is 0.407 e. The van der Waals surface area contributed by atoms with E-state index in [0.29, 0.717) is 24.8 Å². The zero-order chi connectivity index (χ0) is 34.2. The van der Waals surface area contributed by atoms with E-state index in [0.717, 1.165) is 99.5 Å². The summed E-state index contributed by atoms with van der Waals surface area (Å²) in [6.07, 6.45) is 13.4. The van der Waals surface area contributed by atoms with Crippen LogP contribution in [-0.2, 0) is 27.1 Å². The number of hydrogen-bond donors (Lipinski definition) is 3. The number of aromatic nitrogens is 3. The van der Waals surface area contributed by atoms with Gasteiger partial charge in [-0.25, -0.2) is 24.5 Å². The molecule has 11 heteroatoms. The van der Waals surface area contributed by atoms with Crippen LogP contribution in [0.15, 0.2) is 18.5 Å². The molecule has 4 saturated carbocycles. The lowest BCUT2D eigenvalue weighted by atomic mass is 9.50. The van der Waals surface area contributed by atoms with Crippen molar-refractivity contribution < 1.29 is 19.1 Å². The SMILES string of the molecule is CCc1c(NCC(NC(=O)OCC23CC4CC(CC(C4)C2)C3)C(=O)OC(C)(C)C)ncnc1N1CCC(c2ccc3c(n2)NCCC3)CC1. The summed E-state index contributed by atoms with van der Waals surface area (Å²) in [5.74, 6) is 4.86. The first kappa shape index (κ1) is 33.8. The molecule has 49 heavy (non-hydrogen) atoms. The Hall–Kier alpha value is -3.63. The van der Waals surface area contributed by atoms with E-state index in [1.165, 1.54) is 30.5 Å². The summed E-state index contributed by atoms with van der Waals surface area (Å²) < 4.78 is 11.6. The average molecular weight is 674 g/mol. The minimum absolute atomic E-state index is 0.0991. The molecule has 0 aromatic carbocycles. The second-order valence-corrected chi connectivity index (χ2v) is 16.5. The summed E-state index contributed by atoms with van der Waals surface area (Å²) in [7, 11) is 0. The molecule has 266 valence electrons. The van der Waals surface area contributed by atoms with Crippen molar-refractivity contribution in [2.24, 2.45) is 23.2 Å². The van der Waals surface area contributed by atoms with Gasteiger partial charge in [0.2, 0.25) is 0 Å². The molecular weight excluding hydrogens is 618 g/mol. The Morgan fingerprint density at radius 1 is 1.06 bits per heavy atom. The third kappa shape index (κ3) is 7.75. The molecule has 2 aromatic rings. The Kier molecular flexibility index (Phi) is 9.63. The molecular formula is C38H55N7O4. The number of ether oxygens (including phenoxy) is 2. The molecule has 4 bridgehead atoms. The Morgan fingerprint density at radius 3 is 2.45 bits per heavy atom. The van der Waals surface area contributed by atoms with Crippen molar-refractivity contribution in [3.63, 3.8) is 0 Å². The molecule has 1 amide bonds. The molecule has 4 aliphatic carbocycles. The normalized spacial score (nSPS) is 26.8. The number of fused-ring (bicyclic) bond motifs is 1. The lowest BCUT2D eigenvalue weighted by molar-refractivity contribution is -0.157. The maximum absolute atomic E-state index is 13.4. The predicted molar refractivity (Wildman–Crippen MR) is 190 cm³/mol. The monoisotopic (exact) mass is 673 g/mol. The summed E-state index contributed by atoms with van der Waals surface area (Å²) in [6.45, 7) is 10.8. The van der Waals surface area contributed by atoms with Crippen LogP contribution in [-0.4, -0.2) is 71.4 Å². The number of carbonyl (C=O) groups is 2. The summed E-state index contributed by atoms with van der Waals surface area (Å²) in [6, 6.07) is 3.51. The van der Waals surface area contributed by atoms with Crippen LogP contribution >= 0.6 is 0 Å². The first-order chi connectivity index (χ1) is 23.6. The van der Waals surface area contributed by atoms with Crippen molar-refractivity contribution in [3.05, 3.63) is 35.3 Å². The zero-order valence-corrected chi connectivity index (χ0v) is 29.9. The van der Waals surface area contributed by atoms with Crippen LogP contribution in [0.5, 0.6) is 0 Å². The second-order valence-electron chi connectivity index (χ2n) is 16.5. The number of amides is 1. The lowest BCUT2D eigenvalue weighted by Gasteiger charge is -2.56. The van der Waals surface area contributed by atoms with Crippen molar-refractivity contribution in [1.29, 1.82) is 0 Å². The van der Waals surface area contributed by atoms with Gasteiger partial charge in [0.05, 0.1) is 6.61 Å². The van der Waals surface area contributed by atoms with E-state index in [1.54, 1.807) is 6.33 Å². The van der Waals surface area contributed by atoms with Crippen LogP contribution in [0.25, 0.3) is 0 Å². The van der Waals surface area contributed by atoms with Gasteiger partial charge < -0.3 is 30.3 Å². The van der Waals surface area contributed by atoms with Crippen LogP contribution in [0, 0.1) is 23.2 Å². The number of hydrogen-bond acceptors (Lipinski definition) is 10. The van der Waals surface area contributed by atoms with E-state index in [4.69, 9.17) is 19.4 Å². The van der Waals surface area contributed by atoms with E-state index < -0.39 is 23.7 Å². The number of piperidine rings is 1. The highest BCUT2D eigenvalue weighted by Crippen LogP contribution is 2.60. The average Bonchev–Trinajstić information content (AvgIpc) is 3.07. The van der Waals surface area contributed by atoms with Crippen molar-refractivity contribution in [1.82, 2.24) is 20.3 Å². The molecule has 2 aromatic heterocycles. The lowest BCUT2D eigenvalue weighted by Crippen LogP contribution is -2.51. The van der Waals surface area contributed by atoms with Gasteiger partial charge in [-0.05, 0) is 121 Å². The number of esters is 1. The maximum atomic E-state index is 13.4. The van der Waals surface area contributed by atoms with E-state index in [-0.39, 0.29) is 12.0 Å². The molecule has 11 nitrogen and oxygen atoms in total. The molecule has 5 fully saturated rings. The van der Waals surface area contributed by atoms with E-state index in [1.807, 2.05) is 20.8 Å². The van der Waals surface area contributed by atoms with Gasteiger partial charge >= 0.3 is 12.1 Å². The van der Waals surface area contributed by atoms with Crippen molar-refractivity contribution in [3.8, 4) is 0 Å². The molecule has 0 radical (unpaired) electrons.